The second-order valence-electron chi connectivity index (χ2n) is 4.65. The van der Waals surface area contributed by atoms with Crippen molar-refractivity contribution < 1.29 is 0 Å². The van der Waals surface area contributed by atoms with E-state index < -0.39 is 0 Å². The Morgan fingerprint density at radius 2 is 1.71 bits per heavy atom. The maximum Gasteiger partial charge on any atom is 0.281 e. The van der Waals surface area contributed by atoms with Crippen molar-refractivity contribution in [1.82, 2.24) is 9.78 Å². The summed E-state index contributed by atoms with van der Waals surface area (Å²) in [6, 6.07) is 17.2. The van der Waals surface area contributed by atoms with Gasteiger partial charge in [0.15, 0.2) is 0 Å². The Morgan fingerprint density at radius 1 is 1.05 bits per heavy atom. The first-order valence-corrected chi connectivity index (χ1v) is 7.61. The average Bonchev–Trinajstić information content (AvgIpc) is 2.79. The van der Waals surface area contributed by atoms with Gasteiger partial charge in [0, 0.05) is 10.6 Å². The number of rotatable bonds is 3. The number of aromatic amines is 1. The molecule has 3 aromatic rings. The maximum absolute atomic E-state index is 12.3. The van der Waals surface area contributed by atoms with Gasteiger partial charge < -0.3 is 0 Å². The summed E-state index contributed by atoms with van der Waals surface area (Å²) in [6.07, 6.45) is 0. The third kappa shape index (κ3) is 2.82. The van der Waals surface area contributed by atoms with Crippen LogP contribution in [0.2, 0.25) is 5.02 Å². The zero-order valence-corrected chi connectivity index (χ0v) is 13.4. The Balaban J connectivity index is 2.02. The Morgan fingerprint density at radius 3 is 2.43 bits per heavy atom. The van der Waals surface area contributed by atoms with E-state index in [0.29, 0.717) is 16.0 Å². The largest absolute Gasteiger partial charge is 0.293 e. The van der Waals surface area contributed by atoms with Crippen LogP contribution < -0.4 is 5.56 Å². The van der Waals surface area contributed by atoms with E-state index >= 15 is 0 Å². The molecule has 3 rings (SSSR count). The van der Waals surface area contributed by atoms with Gasteiger partial charge in [-0.1, -0.05) is 60.1 Å². The summed E-state index contributed by atoms with van der Waals surface area (Å²) in [5, 5.41) is 3.79. The summed E-state index contributed by atoms with van der Waals surface area (Å²) >= 11 is 9.52. The molecule has 0 bridgehead atoms. The minimum Gasteiger partial charge on any atom is -0.293 e. The Kier molecular flexibility index (Phi) is 3.99. The predicted octanol–water partition coefficient (Wildman–Crippen LogP) is 4.31. The van der Waals surface area contributed by atoms with Crippen molar-refractivity contribution in [3.05, 3.63) is 80.0 Å². The standard InChI is InChI=1S/C16H12BrClN2O/c17-14-15(11-6-2-1-3-7-11)19-20(16(14)21)10-12-8-4-5-9-13(12)18/h1-9,19H,10H2. The molecule has 1 N–H and O–H groups in total. The van der Waals surface area contributed by atoms with E-state index in [9.17, 15) is 4.79 Å². The molecule has 1 heterocycles. The maximum atomic E-state index is 12.3. The van der Waals surface area contributed by atoms with Crippen LogP contribution in [0.15, 0.2) is 63.9 Å². The fourth-order valence-corrected chi connectivity index (χ4v) is 2.89. The first-order chi connectivity index (χ1) is 10.2. The van der Waals surface area contributed by atoms with Crippen LogP contribution in [0.25, 0.3) is 11.3 Å². The highest BCUT2D eigenvalue weighted by Crippen LogP contribution is 2.24. The van der Waals surface area contributed by atoms with Gasteiger partial charge in [-0.25, -0.2) is 4.68 Å². The van der Waals surface area contributed by atoms with Gasteiger partial charge in [0.2, 0.25) is 0 Å². The molecule has 0 atom stereocenters. The van der Waals surface area contributed by atoms with Crippen molar-refractivity contribution in [3.63, 3.8) is 0 Å². The number of benzene rings is 2. The van der Waals surface area contributed by atoms with Crippen molar-refractivity contribution in [2.24, 2.45) is 0 Å². The lowest BCUT2D eigenvalue weighted by molar-refractivity contribution is 0.665. The fraction of sp³-hybridized carbons (Fsp3) is 0.0625. The molecule has 0 fully saturated rings. The van der Waals surface area contributed by atoms with Gasteiger partial charge in [-0.2, -0.15) is 0 Å². The third-order valence-electron chi connectivity index (χ3n) is 3.25. The lowest BCUT2D eigenvalue weighted by Gasteiger charge is -2.04. The first-order valence-electron chi connectivity index (χ1n) is 6.44. The molecule has 0 aliphatic carbocycles. The monoisotopic (exact) mass is 362 g/mol. The van der Waals surface area contributed by atoms with Crippen LogP contribution in [0.5, 0.6) is 0 Å². The molecule has 0 spiro atoms. The van der Waals surface area contributed by atoms with Crippen molar-refractivity contribution >= 4 is 27.5 Å². The number of halogens is 2. The number of hydrogen-bond acceptors (Lipinski definition) is 1. The predicted molar refractivity (Wildman–Crippen MR) is 88.7 cm³/mol. The van der Waals surface area contributed by atoms with Gasteiger partial charge in [-0.15, -0.1) is 0 Å². The molecule has 0 saturated carbocycles. The van der Waals surface area contributed by atoms with E-state index in [-0.39, 0.29) is 5.56 Å². The van der Waals surface area contributed by atoms with Gasteiger partial charge in [-0.3, -0.25) is 9.89 Å². The van der Waals surface area contributed by atoms with E-state index in [2.05, 4.69) is 21.0 Å². The minimum absolute atomic E-state index is 0.103. The quantitative estimate of drug-likeness (QED) is 0.740. The molecular weight excluding hydrogens is 352 g/mol. The second kappa shape index (κ2) is 5.92. The fourth-order valence-electron chi connectivity index (χ4n) is 2.16. The zero-order chi connectivity index (χ0) is 14.8. The van der Waals surface area contributed by atoms with Crippen molar-refractivity contribution in [1.29, 1.82) is 0 Å². The zero-order valence-electron chi connectivity index (χ0n) is 11.0. The summed E-state index contributed by atoms with van der Waals surface area (Å²) in [7, 11) is 0. The van der Waals surface area contributed by atoms with Gasteiger partial charge in [0.1, 0.15) is 4.47 Å². The van der Waals surface area contributed by atoms with Crippen molar-refractivity contribution in [2.45, 2.75) is 6.54 Å². The lowest BCUT2D eigenvalue weighted by atomic mass is 10.2. The highest BCUT2D eigenvalue weighted by Gasteiger charge is 2.13. The van der Waals surface area contributed by atoms with Crippen LogP contribution in [0.4, 0.5) is 0 Å². The van der Waals surface area contributed by atoms with Crippen LogP contribution in [0.3, 0.4) is 0 Å². The Hall–Kier alpha value is -1.78. The van der Waals surface area contributed by atoms with Crippen LogP contribution in [0.1, 0.15) is 5.56 Å². The van der Waals surface area contributed by atoms with Crippen molar-refractivity contribution in [3.8, 4) is 11.3 Å². The smallest absolute Gasteiger partial charge is 0.281 e. The van der Waals surface area contributed by atoms with Gasteiger partial charge in [-0.05, 0) is 27.6 Å². The van der Waals surface area contributed by atoms with Gasteiger partial charge >= 0.3 is 0 Å². The molecule has 0 amide bonds. The van der Waals surface area contributed by atoms with E-state index in [1.807, 2.05) is 54.6 Å². The van der Waals surface area contributed by atoms with Crippen molar-refractivity contribution in [2.75, 3.05) is 0 Å². The molecule has 21 heavy (non-hydrogen) atoms. The Labute approximate surface area is 135 Å². The highest BCUT2D eigenvalue weighted by atomic mass is 79.9. The van der Waals surface area contributed by atoms with Crippen LogP contribution in [-0.2, 0) is 6.54 Å². The lowest BCUT2D eigenvalue weighted by Crippen LogP contribution is -2.17. The second-order valence-corrected chi connectivity index (χ2v) is 5.85. The SMILES string of the molecule is O=c1c(Br)c(-c2ccccc2)[nH]n1Cc1ccccc1Cl. The summed E-state index contributed by atoms with van der Waals surface area (Å²) < 4.78 is 2.08. The molecule has 0 aliphatic rings. The number of nitrogens with one attached hydrogen (secondary N) is 1. The third-order valence-corrected chi connectivity index (χ3v) is 4.35. The molecule has 106 valence electrons. The molecule has 1 aromatic heterocycles. The van der Waals surface area contributed by atoms with Crippen LogP contribution in [0, 0.1) is 0 Å². The first kappa shape index (κ1) is 14.2. The van der Waals surface area contributed by atoms with E-state index in [1.165, 1.54) is 0 Å². The molecule has 0 radical (unpaired) electrons. The van der Waals surface area contributed by atoms with Gasteiger partial charge in [0.25, 0.3) is 5.56 Å². The van der Waals surface area contributed by atoms with E-state index in [0.717, 1.165) is 16.8 Å². The topological polar surface area (TPSA) is 37.8 Å². The molecule has 0 aliphatic heterocycles. The summed E-state index contributed by atoms with van der Waals surface area (Å²) in [5.41, 5.74) is 2.52. The van der Waals surface area contributed by atoms with Gasteiger partial charge in [0.05, 0.1) is 12.2 Å². The summed E-state index contributed by atoms with van der Waals surface area (Å²) in [4.78, 5) is 12.3. The molecular formula is C16H12BrClN2O. The average molecular weight is 364 g/mol. The minimum atomic E-state index is -0.103. The number of aromatic nitrogens is 2. The van der Waals surface area contributed by atoms with E-state index in [4.69, 9.17) is 11.6 Å². The number of nitrogens with zero attached hydrogens (tertiary/aromatic N) is 1. The number of H-pyrrole nitrogens is 1. The molecule has 2 aromatic carbocycles. The molecule has 3 nitrogen and oxygen atoms in total. The number of hydrogen-bond donors (Lipinski definition) is 1. The van der Waals surface area contributed by atoms with E-state index in [1.54, 1.807) is 4.68 Å². The van der Waals surface area contributed by atoms with Crippen LogP contribution in [-0.4, -0.2) is 9.78 Å². The highest BCUT2D eigenvalue weighted by molar-refractivity contribution is 9.10. The molecule has 0 unspecified atom stereocenters. The summed E-state index contributed by atoms with van der Waals surface area (Å²) in [6.45, 7) is 0.407. The normalized spacial score (nSPS) is 10.8. The molecule has 5 heteroatoms. The molecule has 0 saturated heterocycles. The Bertz CT molecular complexity index is 824. The summed E-state index contributed by atoms with van der Waals surface area (Å²) in [5.74, 6) is 0. The van der Waals surface area contributed by atoms with Crippen LogP contribution >= 0.6 is 27.5 Å².